The summed E-state index contributed by atoms with van der Waals surface area (Å²) in [4.78, 5) is 22.7. The zero-order valence-electron chi connectivity index (χ0n) is 11.9. The Hall–Kier alpha value is -2.24. The highest BCUT2D eigenvalue weighted by molar-refractivity contribution is 5.88. The van der Waals surface area contributed by atoms with Crippen LogP contribution in [0.4, 0.5) is 0 Å². The second-order valence-corrected chi connectivity index (χ2v) is 5.01. The normalized spacial score (nSPS) is 14.7. The summed E-state index contributed by atoms with van der Waals surface area (Å²) in [5, 5.41) is 11.9. The van der Waals surface area contributed by atoms with Gasteiger partial charge >= 0.3 is 5.97 Å². The van der Waals surface area contributed by atoms with Crippen molar-refractivity contribution in [3.8, 4) is 11.5 Å². The van der Waals surface area contributed by atoms with Crippen molar-refractivity contribution in [1.29, 1.82) is 0 Å². The number of nitrogens with one attached hydrogen (secondary N) is 1. The molecule has 1 amide bonds. The van der Waals surface area contributed by atoms with Gasteiger partial charge in [0.25, 0.3) is 5.91 Å². The third-order valence-electron chi connectivity index (χ3n) is 3.49. The molecule has 0 unspecified atom stereocenters. The minimum absolute atomic E-state index is 0.0852. The van der Waals surface area contributed by atoms with Gasteiger partial charge < -0.3 is 19.9 Å². The first-order valence-corrected chi connectivity index (χ1v) is 6.93. The van der Waals surface area contributed by atoms with Crippen LogP contribution in [-0.2, 0) is 4.79 Å². The van der Waals surface area contributed by atoms with Crippen molar-refractivity contribution in [3.63, 3.8) is 0 Å². The standard InChI is InChI=1S/C15H19NO5/c1-20-12-7-6-10(15(18)19)8-13(12)21-9-14(17)16-11-4-2-3-5-11/h6-8,11H,2-5,9H2,1H3,(H,16,17)(H,18,19). The van der Waals surface area contributed by atoms with Crippen LogP contribution in [-0.4, -0.2) is 36.7 Å². The van der Waals surface area contributed by atoms with Gasteiger partial charge in [-0.15, -0.1) is 0 Å². The maximum absolute atomic E-state index is 11.8. The zero-order chi connectivity index (χ0) is 15.2. The molecule has 0 bridgehead atoms. The first kappa shape index (κ1) is 15.2. The van der Waals surface area contributed by atoms with Crippen LogP contribution in [0.5, 0.6) is 11.5 Å². The number of carboxylic acids is 1. The highest BCUT2D eigenvalue weighted by Gasteiger charge is 2.18. The Labute approximate surface area is 123 Å². The van der Waals surface area contributed by atoms with Crippen molar-refractivity contribution < 1.29 is 24.2 Å². The molecule has 0 saturated heterocycles. The van der Waals surface area contributed by atoms with Gasteiger partial charge in [0.2, 0.25) is 0 Å². The van der Waals surface area contributed by atoms with Gasteiger partial charge in [-0.3, -0.25) is 4.79 Å². The summed E-state index contributed by atoms with van der Waals surface area (Å²) in [6, 6.07) is 4.51. The molecular formula is C15H19NO5. The van der Waals surface area contributed by atoms with E-state index in [0.717, 1.165) is 25.7 Å². The molecule has 1 aromatic rings. The number of ether oxygens (including phenoxy) is 2. The van der Waals surface area contributed by atoms with Crippen molar-refractivity contribution >= 4 is 11.9 Å². The number of rotatable bonds is 6. The molecule has 0 aromatic heterocycles. The first-order chi connectivity index (χ1) is 10.1. The van der Waals surface area contributed by atoms with Gasteiger partial charge in [0.05, 0.1) is 12.7 Å². The summed E-state index contributed by atoms with van der Waals surface area (Å²) < 4.78 is 10.5. The van der Waals surface area contributed by atoms with E-state index in [9.17, 15) is 9.59 Å². The third kappa shape index (κ3) is 4.11. The number of aromatic carboxylic acids is 1. The van der Waals surface area contributed by atoms with Crippen LogP contribution < -0.4 is 14.8 Å². The van der Waals surface area contributed by atoms with E-state index >= 15 is 0 Å². The smallest absolute Gasteiger partial charge is 0.335 e. The predicted molar refractivity (Wildman–Crippen MR) is 75.8 cm³/mol. The molecule has 0 heterocycles. The first-order valence-electron chi connectivity index (χ1n) is 6.93. The van der Waals surface area contributed by atoms with Gasteiger partial charge in [-0.2, -0.15) is 0 Å². The van der Waals surface area contributed by atoms with Crippen molar-refractivity contribution in [2.24, 2.45) is 0 Å². The van der Waals surface area contributed by atoms with E-state index in [0.29, 0.717) is 5.75 Å². The molecule has 0 aliphatic heterocycles. The maximum atomic E-state index is 11.8. The van der Waals surface area contributed by atoms with Crippen LogP contribution in [0.2, 0.25) is 0 Å². The summed E-state index contributed by atoms with van der Waals surface area (Å²) in [5.41, 5.74) is 0.0852. The lowest BCUT2D eigenvalue weighted by molar-refractivity contribution is -0.123. The highest BCUT2D eigenvalue weighted by Crippen LogP contribution is 2.28. The fraction of sp³-hybridized carbons (Fsp3) is 0.467. The van der Waals surface area contributed by atoms with E-state index < -0.39 is 5.97 Å². The molecule has 1 saturated carbocycles. The molecule has 6 nitrogen and oxygen atoms in total. The minimum Gasteiger partial charge on any atom is -0.493 e. The van der Waals surface area contributed by atoms with Gasteiger partial charge in [-0.05, 0) is 31.0 Å². The third-order valence-corrected chi connectivity index (χ3v) is 3.49. The van der Waals surface area contributed by atoms with Crippen LogP contribution in [0, 0.1) is 0 Å². The van der Waals surface area contributed by atoms with E-state index in [-0.39, 0.29) is 29.9 Å². The molecule has 0 spiro atoms. The summed E-state index contributed by atoms with van der Waals surface area (Å²) in [6.45, 7) is -0.157. The molecule has 1 aliphatic carbocycles. The van der Waals surface area contributed by atoms with Crippen LogP contribution in [0.15, 0.2) is 18.2 Å². The Morgan fingerprint density at radius 3 is 2.62 bits per heavy atom. The van der Waals surface area contributed by atoms with Gasteiger partial charge in [0.1, 0.15) is 0 Å². The molecule has 2 N–H and O–H groups in total. The van der Waals surface area contributed by atoms with Gasteiger partial charge in [0, 0.05) is 6.04 Å². The lowest BCUT2D eigenvalue weighted by Gasteiger charge is -2.14. The van der Waals surface area contributed by atoms with Crippen molar-refractivity contribution in [2.45, 2.75) is 31.7 Å². The van der Waals surface area contributed by atoms with Crippen LogP contribution in [0.25, 0.3) is 0 Å². The molecular weight excluding hydrogens is 274 g/mol. The Morgan fingerprint density at radius 1 is 1.29 bits per heavy atom. The fourth-order valence-electron chi connectivity index (χ4n) is 2.41. The summed E-state index contributed by atoms with van der Waals surface area (Å²) in [5.74, 6) is -0.616. The summed E-state index contributed by atoms with van der Waals surface area (Å²) in [7, 11) is 1.46. The van der Waals surface area contributed by atoms with Crippen molar-refractivity contribution in [2.75, 3.05) is 13.7 Å². The predicted octanol–water partition coefficient (Wildman–Crippen LogP) is 1.83. The number of hydrogen-bond donors (Lipinski definition) is 2. The topological polar surface area (TPSA) is 84.9 Å². The van der Waals surface area contributed by atoms with Crippen molar-refractivity contribution in [1.82, 2.24) is 5.32 Å². The number of carboxylic acid groups (broad SMARTS) is 1. The lowest BCUT2D eigenvalue weighted by atomic mass is 10.2. The number of carbonyl (C=O) groups is 2. The second kappa shape index (κ2) is 6.97. The average molecular weight is 293 g/mol. The molecule has 1 aliphatic rings. The summed E-state index contributed by atoms with van der Waals surface area (Å²) in [6.07, 6.45) is 4.29. The maximum Gasteiger partial charge on any atom is 0.335 e. The highest BCUT2D eigenvalue weighted by atomic mass is 16.5. The summed E-state index contributed by atoms with van der Waals surface area (Å²) >= 11 is 0. The number of benzene rings is 1. The van der Waals surface area contributed by atoms with Gasteiger partial charge in [-0.1, -0.05) is 12.8 Å². The molecule has 1 fully saturated rings. The van der Waals surface area contributed by atoms with E-state index in [1.807, 2.05) is 0 Å². The fourth-order valence-corrected chi connectivity index (χ4v) is 2.41. The number of amides is 1. The van der Waals surface area contributed by atoms with Crippen LogP contribution in [0.1, 0.15) is 36.0 Å². The molecule has 2 rings (SSSR count). The number of methoxy groups -OCH3 is 1. The van der Waals surface area contributed by atoms with E-state index in [4.69, 9.17) is 14.6 Å². The lowest BCUT2D eigenvalue weighted by Crippen LogP contribution is -2.36. The average Bonchev–Trinajstić information content (AvgIpc) is 2.97. The van der Waals surface area contributed by atoms with Gasteiger partial charge in [-0.25, -0.2) is 4.79 Å². The quantitative estimate of drug-likeness (QED) is 0.836. The number of hydrogen-bond acceptors (Lipinski definition) is 4. The van der Waals surface area contributed by atoms with E-state index in [1.165, 1.54) is 25.3 Å². The van der Waals surface area contributed by atoms with E-state index in [1.54, 1.807) is 0 Å². The second-order valence-electron chi connectivity index (χ2n) is 5.01. The molecule has 0 atom stereocenters. The molecule has 1 aromatic carbocycles. The Bertz CT molecular complexity index is 523. The Balaban J connectivity index is 1.95. The minimum atomic E-state index is -1.06. The van der Waals surface area contributed by atoms with Crippen LogP contribution >= 0.6 is 0 Å². The Kier molecular flexibility index (Phi) is 5.03. The van der Waals surface area contributed by atoms with Gasteiger partial charge in [0.15, 0.2) is 18.1 Å². The van der Waals surface area contributed by atoms with E-state index in [2.05, 4.69) is 5.32 Å². The largest absolute Gasteiger partial charge is 0.493 e. The number of carbonyl (C=O) groups excluding carboxylic acids is 1. The molecule has 114 valence electrons. The molecule has 6 heteroatoms. The monoisotopic (exact) mass is 293 g/mol. The molecule has 21 heavy (non-hydrogen) atoms. The van der Waals surface area contributed by atoms with Crippen LogP contribution in [0.3, 0.4) is 0 Å². The SMILES string of the molecule is COc1ccc(C(=O)O)cc1OCC(=O)NC1CCCC1. The van der Waals surface area contributed by atoms with Crippen molar-refractivity contribution in [3.05, 3.63) is 23.8 Å². The Morgan fingerprint density at radius 2 is 2.00 bits per heavy atom. The molecule has 0 radical (unpaired) electrons. The zero-order valence-corrected chi connectivity index (χ0v) is 11.9.